The van der Waals surface area contributed by atoms with E-state index in [1.807, 2.05) is 42.6 Å². The van der Waals surface area contributed by atoms with Crippen LogP contribution in [0, 0.1) is 11.3 Å². The number of para-hydroxylation sites is 1. The highest BCUT2D eigenvalue weighted by atomic mass is 16.2. The van der Waals surface area contributed by atoms with Crippen molar-refractivity contribution in [2.24, 2.45) is 14.1 Å². The van der Waals surface area contributed by atoms with E-state index in [2.05, 4.69) is 10.4 Å². The molecule has 8 heteroatoms. The molecule has 1 N–H and O–H groups in total. The second-order valence-corrected chi connectivity index (χ2v) is 5.52. The van der Waals surface area contributed by atoms with Crippen molar-refractivity contribution in [3.8, 4) is 11.8 Å². The van der Waals surface area contributed by atoms with Gasteiger partial charge in [0.1, 0.15) is 11.9 Å². The van der Waals surface area contributed by atoms with E-state index in [4.69, 9.17) is 0 Å². The van der Waals surface area contributed by atoms with Crippen LogP contribution in [0.4, 0.5) is 5.82 Å². The van der Waals surface area contributed by atoms with Crippen molar-refractivity contribution < 1.29 is 0 Å². The first-order valence-corrected chi connectivity index (χ1v) is 7.56. The lowest BCUT2D eigenvalue weighted by atomic mass is 10.3. The Morgan fingerprint density at radius 1 is 1.16 bits per heavy atom. The van der Waals surface area contributed by atoms with Crippen LogP contribution in [0.5, 0.6) is 0 Å². The van der Waals surface area contributed by atoms with Crippen LogP contribution in [-0.4, -0.2) is 18.9 Å². The van der Waals surface area contributed by atoms with E-state index in [9.17, 15) is 14.9 Å². The minimum absolute atomic E-state index is 0.0972. The summed E-state index contributed by atoms with van der Waals surface area (Å²) in [6, 6.07) is 11.5. The second kappa shape index (κ2) is 6.49. The van der Waals surface area contributed by atoms with Gasteiger partial charge in [-0.15, -0.1) is 0 Å². The zero-order valence-electron chi connectivity index (χ0n) is 13.8. The van der Waals surface area contributed by atoms with E-state index < -0.39 is 11.2 Å². The maximum atomic E-state index is 12.1. The lowest BCUT2D eigenvalue weighted by molar-refractivity contribution is 0.685. The molecule has 0 fully saturated rings. The molecule has 3 rings (SSSR count). The number of aromatic nitrogens is 4. The molecular formula is C17H16N6O2. The molecule has 2 aromatic heterocycles. The summed E-state index contributed by atoms with van der Waals surface area (Å²) in [5.74, 6) is 0.197. The number of nitrogens with zero attached hydrogens (tertiary/aromatic N) is 5. The molecule has 3 aromatic rings. The fraction of sp³-hybridized carbons (Fsp3) is 0.176. The Labute approximate surface area is 143 Å². The summed E-state index contributed by atoms with van der Waals surface area (Å²) in [6.45, 7) is 0.321. The van der Waals surface area contributed by atoms with Crippen molar-refractivity contribution in [2.75, 3.05) is 5.32 Å². The van der Waals surface area contributed by atoms with E-state index in [0.29, 0.717) is 6.54 Å². The maximum Gasteiger partial charge on any atom is 0.332 e. The molecule has 0 aliphatic carbocycles. The van der Waals surface area contributed by atoms with Crippen molar-refractivity contribution >= 4 is 5.82 Å². The minimum atomic E-state index is -0.618. The molecule has 0 saturated heterocycles. The number of nitriles is 1. The summed E-state index contributed by atoms with van der Waals surface area (Å²) in [5.41, 5.74) is 0.563. The predicted octanol–water partition coefficient (Wildman–Crippen LogP) is 0.753. The molecule has 0 aliphatic rings. The summed E-state index contributed by atoms with van der Waals surface area (Å²) >= 11 is 0. The Morgan fingerprint density at radius 3 is 2.56 bits per heavy atom. The number of benzene rings is 1. The molecule has 0 atom stereocenters. The fourth-order valence-electron chi connectivity index (χ4n) is 2.51. The van der Waals surface area contributed by atoms with Gasteiger partial charge in [-0.05, 0) is 12.1 Å². The molecule has 0 spiro atoms. The Hall–Kier alpha value is -3.60. The summed E-state index contributed by atoms with van der Waals surface area (Å²) in [4.78, 5) is 24.1. The first kappa shape index (κ1) is 16.3. The van der Waals surface area contributed by atoms with Gasteiger partial charge in [0.25, 0.3) is 5.56 Å². The molecule has 0 amide bonds. The van der Waals surface area contributed by atoms with Crippen LogP contribution < -0.4 is 16.6 Å². The van der Waals surface area contributed by atoms with Gasteiger partial charge in [-0.2, -0.15) is 10.4 Å². The van der Waals surface area contributed by atoms with Gasteiger partial charge in [0, 0.05) is 32.4 Å². The Morgan fingerprint density at radius 2 is 1.88 bits per heavy atom. The fourth-order valence-corrected chi connectivity index (χ4v) is 2.51. The van der Waals surface area contributed by atoms with Gasteiger partial charge in [0.2, 0.25) is 0 Å². The van der Waals surface area contributed by atoms with Crippen LogP contribution in [0.1, 0.15) is 11.1 Å². The van der Waals surface area contributed by atoms with Gasteiger partial charge in [0.15, 0.2) is 5.56 Å². The number of hydrogen-bond donors (Lipinski definition) is 1. The molecule has 0 aliphatic heterocycles. The van der Waals surface area contributed by atoms with Crippen LogP contribution in [0.15, 0.2) is 52.3 Å². The third-order valence-electron chi connectivity index (χ3n) is 3.89. The summed E-state index contributed by atoms with van der Waals surface area (Å²) < 4.78 is 3.89. The van der Waals surface area contributed by atoms with Gasteiger partial charge in [-0.1, -0.05) is 18.2 Å². The highest BCUT2D eigenvalue weighted by Gasteiger charge is 2.15. The van der Waals surface area contributed by atoms with E-state index >= 15 is 0 Å². The molecule has 0 bridgehead atoms. The predicted molar refractivity (Wildman–Crippen MR) is 92.5 cm³/mol. The van der Waals surface area contributed by atoms with Gasteiger partial charge >= 0.3 is 5.69 Å². The molecule has 0 radical (unpaired) electrons. The molecule has 1 aromatic carbocycles. The van der Waals surface area contributed by atoms with E-state index in [1.165, 1.54) is 18.7 Å². The molecule has 126 valence electrons. The third-order valence-corrected chi connectivity index (χ3v) is 3.89. The van der Waals surface area contributed by atoms with E-state index in [0.717, 1.165) is 15.8 Å². The number of nitrogens with one attached hydrogen (secondary N) is 1. The van der Waals surface area contributed by atoms with Gasteiger partial charge < -0.3 is 5.32 Å². The first-order valence-electron chi connectivity index (χ1n) is 7.56. The summed E-state index contributed by atoms with van der Waals surface area (Å²) in [6.07, 6.45) is 3.53. The molecule has 0 saturated carbocycles. The van der Waals surface area contributed by atoms with Crippen LogP contribution in [-0.2, 0) is 20.6 Å². The Balaban J connectivity index is 1.89. The largest absolute Gasteiger partial charge is 0.366 e. The smallest absolute Gasteiger partial charge is 0.332 e. The second-order valence-electron chi connectivity index (χ2n) is 5.52. The van der Waals surface area contributed by atoms with Crippen molar-refractivity contribution in [1.82, 2.24) is 18.9 Å². The highest BCUT2D eigenvalue weighted by Crippen LogP contribution is 2.11. The zero-order valence-corrected chi connectivity index (χ0v) is 13.8. The third kappa shape index (κ3) is 2.95. The topological polar surface area (TPSA) is 97.6 Å². The van der Waals surface area contributed by atoms with E-state index in [-0.39, 0.29) is 11.4 Å². The first-order chi connectivity index (χ1) is 12.0. The van der Waals surface area contributed by atoms with Crippen molar-refractivity contribution in [3.05, 3.63) is 74.7 Å². The SMILES string of the molecule is Cn1c(NCc2cnn(-c3ccccc3)c2)c(C#N)c(=O)n(C)c1=O. The van der Waals surface area contributed by atoms with Crippen LogP contribution in [0.3, 0.4) is 0 Å². The average molecular weight is 336 g/mol. The summed E-state index contributed by atoms with van der Waals surface area (Å²) in [7, 11) is 2.86. The lowest BCUT2D eigenvalue weighted by Crippen LogP contribution is -2.39. The van der Waals surface area contributed by atoms with Crippen LogP contribution in [0.25, 0.3) is 5.69 Å². The monoisotopic (exact) mass is 336 g/mol. The van der Waals surface area contributed by atoms with Crippen molar-refractivity contribution in [3.63, 3.8) is 0 Å². The maximum absolute atomic E-state index is 12.1. The molecule has 8 nitrogen and oxygen atoms in total. The van der Waals surface area contributed by atoms with Crippen molar-refractivity contribution in [2.45, 2.75) is 6.54 Å². The Kier molecular flexibility index (Phi) is 4.22. The average Bonchev–Trinajstić information content (AvgIpc) is 3.11. The Bertz CT molecular complexity index is 1070. The van der Waals surface area contributed by atoms with Crippen molar-refractivity contribution in [1.29, 1.82) is 5.26 Å². The normalized spacial score (nSPS) is 10.4. The zero-order chi connectivity index (χ0) is 18.0. The highest BCUT2D eigenvalue weighted by molar-refractivity contribution is 5.51. The van der Waals surface area contributed by atoms with E-state index in [1.54, 1.807) is 10.9 Å². The number of hydrogen-bond acceptors (Lipinski definition) is 5. The quantitative estimate of drug-likeness (QED) is 0.758. The van der Waals surface area contributed by atoms with Gasteiger partial charge in [-0.25, -0.2) is 9.48 Å². The molecular weight excluding hydrogens is 320 g/mol. The van der Waals surface area contributed by atoms with Crippen LogP contribution in [0.2, 0.25) is 0 Å². The summed E-state index contributed by atoms with van der Waals surface area (Å²) in [5, 5.41) is 16.5. The molecule has 0 unspecified atom stereocenters. The number of rotatable bonds is 4. The molecule has 2 heterocycles. The van der Waals surface area contributed by atoms with Crippen LogP contribution >= 0.6 is 0 Å². The van der Waals surface area contributed by atoms with Gasteiger partial charge in [-0.3, -0.25) is 13.9 Å². The minimum Gasteiger partial charge on any atom is -0.366 e. The number of anilines is 1. The standard InChI is InChI=1S/C17H16N6O2/c1-21-15(14(8-18)16(24)22(2)17(21)25)19-9-12-10-20-23(11-12)13-6-4-3-5-7-13/h3-7,10-11,19H,9H2,1-2H3. The molecule has 25 heavy (non-hydrogen) atoms. The van der Waals surface area contributed by atoms with Gasteiger partial charge in [0.05, 0.1) is 11.9 Å². The lowest BCUT2D eigenvalue weighted by Gasteiger charge is -2.12.